The van der Waals surface area contributed by atoms with Crippen molar-refractivity contribution in [2.24, 2.45) is 0 Å². The lowest BCUT2D eigenvalue weighted by Crippen LogP contribution is -2.32. The summed E-state index contributed by atoms with van der Waals surface area (Å²) in [4.78, 5) is 26.0. The zero-order valence-corrected chi connectivity index (χ0v) is 16.6. The van der Waals surface area contributed by atoms with Crippen molar-refractivity contribution < 1.29 is 19.1 Å². The number of halogens is 1. The van der Waals surface area contributed by atoms with Crippen molar-refractivity contribution in [1.82, 2.24) is 0 Å². The SMILES string of the molecule is COc1ccc(N(CCC(=O)Nc2ccc(Cl)cc2C)C(C)=O)c(OC)c1. The van der Waals surface area contributed by atoms with Gasteiger partial charge in [-0.15, -0.1) is 0 Å². The van der Waals surface area contributed by atoms with Crippen molar-refractivity contribution >= 4 is 34.8 Å². The molecule has 0 saturated heterocycles. The molecule has 0 heterocycles. The second-order valence-corrected chi connectivity index (χ2v) is 6.40. The summed E-state index contributed by atoms with van der Waals surface area (Å²) in [5.41, 5.74) is 2.15. The molecule has 0 saturated carbocycles. The fourth-order valence-electron chi connectivity index (χ4n) is 2.65. The third kappa shape index (κ3) is 5.37. The number of anilines is 2. The molecular formula is C20H23ClN2O4. The molecule has 2 aromatic rings. The fourth-order valence-corrected chi connectivity index (χ4v) is 2.88. The first-order valence-corrected chi connectivity index (χ1v) is 8.79. The number of carbonyl (C=O) groups excluding carboxylic acids is 2. The van der Waals surface area contributed by atoms with E-state index in [0.29, 0.717) is 27.9 Å². The highest BCUT2D eigenvalue weighted by Crippen LogP contribution is 2.32. The Kier molecular flexibility index (Phi) is 7.07. The molecule has 2 rings (SSSR count). The van der Waals surface area contributed by atoms with Gasteiger partial charge in [-0.1, -0.05) is 11.6 Å². The second kappa shape index (κ2) is 9.28. The molecule has 2 aromatic carbocycles. The third-order valence-corrected chi connectivity index (χ3v) is 4.32. The van der Waals surface area contributed by atoms with Gasteiger partial charge < -0.3 is 19.7 Å². The summed E-state index contributed by atoms with van der Waals surface area (Å²) in [5.74, 6) is 0.738. The Balaban J connectivity index is 2.10. The Morgan fingerprint density at radius 1 is 1.11 bits per heavy atom. The number of hydrogen-bond donors (Lipinski definition) is 1. The van der Waals surface area contributed by atoms with Crippen molar-refractivity contribution in [3.63, 3.8) is 0 Å². The Hall–Kier alpha value is -2.73. The van der Waals surface area contributed by atoms with E-state index in [1.54, 1.807) is 43.5 Å². The maximum atomic E-state index is 12.3. The Morgan fingerprint density at radius 3 is 2.44 bits per heavy atom. The molecule has 6 nitrogen and oxygen atoms in total. The average Bonchev–Trinajstić information content (AvgIpc) is 2.64. The second-order valence-electron chi connectivity index (χ2n) is 5.97. The Labute approximate surface area is 164 Å². The summed E-state index contributed by atoms with van der Waals surface area (Å²) < 4.78 is 10.5. The van der Waals surface area contributed by atoms with Gasteiger partial charge in [0.05, 0.1) is 19.9 Å². The van der Waals surface area contributed by atoms with Crippen LogP contribution in [0, 0.1) is 6.92 Å². The summed E-state index contributed by atoms with van der Waals surface area (Å²) in [7, 11) is 3.08. The van der Waals surface area contributed by atoms with Crippen LogP contribution in [0.1, 0.15) is 18.9 Å². The first-order chi connectivity index (χ1) is 12.8. The number of benzene rings is 2. The van der Waals surface area contributed by atoms with Crippen molar-refractivity contribution in [3.8, 4) is 11.5 Å². The van der Waals surface area contributed by atoms with E-state index in [-0.39, 0.29) is 24.8 Å². The van der Waals surface area contributed by atoms with Crippen molar-refractivity contribution in [2.45, 2.75) is 20.3 Å². The van der Waals surface area contributed by atoms with Gasteiger partial charge in [-0.25, -0.2) is 0 Å². The van der Waals surface area contributed by atoms with E-state index < -0.39 is 0 Å². The van der Waals surface area contributed by atoms with E-state index in [4.69, 9.17) is 21.1 Å². The van der Waals surface area contributed by atoms with Crippen LogP contribution in [-0.4, -0.2) is 32.6 Å². The van der Waals surface area contributed by atoms with Crippen molar-refractivity contribution in [2.75, 3.05) is 31.0 Å². The molecule has 1 N–H and O–H groups in total. The number of nitrogens with zero attached hydrogens (tertiary/aromatic N) is 1. The third-order valence-electron chi connectivity index (χ3n) is 4.08. The number of carbonyl (C=O) groups is 2. The van der Waals surface area contributed by atoms with Gasteiger partial charge in [0, 0.05) is 36.7 Å². The van der Waals surface area contributed by atoms with Crippen LogP contribution in [0.15, 0.2) is 36.4 Å². The van der Waals surface area contributed by atoms with E-state index in [9.17, 15) is 9.59 Å². The largest absolute Gasteiger partial charge is 0.497 e. The number of aryl methyl sites for hydroxylation is 1. The van der Waals surface area contributed by atoms with Crippen LogP contribution in [0.2, 0.25) is 5.02 Å². The molecule has 0 aliphatic heterocycles. The average molecular weight is 391 g/mol. The lowest BCUT2D eigenvalue weighted by molar-refractivity contribution is -0.117. The molecule has 27 heavy (non-hydrogen) atoms. The van der Waals surface area contributed by atoms with E-state index in [0.717, 1.165) is 5.56 Å². The van der Waals surface area contributed by atoms with Crippen LogP contribution in [0.3, 0.4) is 0 Å². The Morgan fingerprint density at radius 2 is 1.85 bits per heavy atom. The predicted octanol–water partition coefficient (Wildman–Crippen LogP) is 4.05. The number of nitrogens with one attached hydrogen (secondary N) is 1. The predicted molar refractivity (Wildman–Crippen MR) is 107 cm³/mol. The van der Waals surface area contributed by atoms with Crippen molar-refractivity contribution in [1.29, 1.82) is 0 Å². The van der Waals surface area contributed by atoms with Gasteiger partial charge in [-0.3, -0.25) is 9.59 Å². The molecular weight excluding hydrogens is 368 g/mol. The fraction of sp³-hybridized carbons (Fsp3) is 0.300. The lowest BCUT2D eigenvalue weighted by atomic mass is 10.2. The van der Waals surface area contributed by atoms with Gasteiger partial charge in [0.1, 0.15) is 11.5 Å². The molecule has 0 aliphatic rings. The molecule has 0 aromatic heterocycles. The minimum absolute atomic E-state index is 0.136. The van der Waals surface area contributed by atoms with E-state index in [1.807, 2.05) is 6.92 Å². The Bertz CT molecular complexity index is 839. The van der Waals surface area contributed by atoms with Gasteiger partial charge in [0.15, 0.2) is 0 Å². The smallest absolute Gasteiger partial charge is 0.226 e. The van der Waals surface area contributed by atoms with Crippen LogP contribution in [-0.2, 0) is 9.59 Å². The number of rotatable bonds is 7. The van der Waals surface area contributed by atoms with Crippen LogP contribution in [0.25, 0.3) is 0 Å². The van der Waals surface area contributed by atoms with Crippen LogP contribution < -0.4 is 19.7 Å². The zero-order chi connectivity index (χ0) is 20.0. The standard InChI is InChI=1S/C20H23ClN2O4/c1-13-11-15(21)5-7-17(13)22-20(25)9-10-23(14(2)24)18-8-6-16(26-3)12-19(18)27-4/h5-8,11-12H,9-10H2,1-4H3,(H,22,25). The number of hydrogen-bond acceptors (Lipinski definition) is 4. The first-order valence-electron chi connectivity index (χ1n) is 8.42. The van der Waals surface area contributed by atoms with Crippen molar-refractivity contribution in [3.05, 3.63) is 47.0 Å². The van der Waals surface area contributed by atoms with Gasteiger partial charge in [0.2, 0.25) is 11.8 Å². The molecule has 0 aliphatic carbocycles. The minimum atomic E-state index is -0.195. The monoisotopic (exact) mass is 390 g/mol. The number of ether oxygens (including phenoxy) is 2. The minimum Gasteiger partial charge on any atom is -0.497 e. The summed E-state index contributed by atoms with van der Waals surface area (Å²) in [6.07, 6.45) is 0.136. The number of methoxy groups -OCH3 is 2. The van der Waals surface area contributed by atoms with Crippen LogP contribution in [0.5, 0.6) is 11.5 Å². The van der Waals surface area contributed by atoms with E-state index >= 15 is 0 Å². The maximum absolute atomic E-state index is 12.3. The summed E-state index contributed by atoms with van der Waals surface area (Å²) in [5, 5.41) is 3.45. The molecule has 144 valence electrons. The van der Waals surface area contributed by atoms with Gasteiger partial charge in [0.25, 0.3) is 0 Å². The molecule has 0 unspecified atom stereocenters. The van der Waals surface area contributed by atoms with Gasteiger partial charge in [-0.2, -0.15) is 0 Å². The summed E-state index contributed by atoms with van der Waals surface area (Å²) in [6.45, 7) is 3.53. The summed E-state index contributed by atoms with van der Waals surface area (Å²) in [6, 6.07) is 10.4. The molecule has 2 amide bonds. The van der Waals surface area contributed by atoms with E-state index in [2.05, 4.69) is 5.32 Å². The van der Waals surface area contributed by atoms with E-state index in [1.165, 1.54) is 18.9 Å². The van der Waals surface area contributed by atoms with Gasteiger partial charge in [-0.05, 0) is 42.8 Å². The molecule has 0 spiro atoms. The highest BCUT2D eigenvalue weighted by molar-refractivity contribution is 6.30. The lowest BCUT2D eigenvalue weighted by Gasteiger charge is -2.23. The first kappa shape index (κ1) is 20.6. The molecule has 0 fully saturated rings. The molecule has 0 radical (unpaired) electrons. The van der Waals surface area contributed by atoms with Gasteiger partial charge >= 0.3 is 0 Å². The quantitative estimate of drug-likeness (QED) is 0.774. The van der Waals surface area contributed by atoms with Crippen LogP contribution in [0.4, 0.5) is 11.4 Å². The molecule has 7 heteroatoms. The van der Waals surface area contributed by atoms with Crippen LogP contribution >= 0.6 is 11.6 Å². The topological polar surface area (TPSA) is 67.9 Å². The molecule has 0 atom stereocenters. The highest BCUT2D eigenvalue weighted by Gasteiger charge is 2.18. The zero-order valence-electron chi connectivity index (χ0n) is 15.8. The normalized spacial score (nSPS) is 10.3. The summed E-state index contributed by atoms with van der Waals surface area (Å²) >= 11 is 5.93. The molecule has 0 bridgehead atoms. The highest BCUT2D eigenvalue weighted by atomic mass is 35.5. The number of amides is 2. The maximum Gasteiger partial charge on any atom is 0.226 e.